The Labute approximate surface area is 173 Å². The van der Waals surface area contributed by atoms with Crippen molar-refractivity contribution in [3.05, 3.63) is 83.9 Å². The molecule has 148 valence electrons. The molecule has 3 aromatic rings. The number of rotatable bonds is 6. The number of halogens is 1. The van der Waals surface area contributed by atoms with Crippen molar-refractivity contribution in [3.63, 3.8) is 0 Å². The highest BCUT2D eigenvalue weighted by atomic mass is 35.5. The zero-order chi connectivity index (χ0) is 20.6. The number of anilines is 2. The Bertz CT molecular complexity index is 981. The fourth-order valence-electron chi connectivity index (χ4n) is 2.50. The molecule has 6 nitrogen and oxygen atoms in total. The fourth-order valence-corrected chi connectivity index (χ4v) is 2.67. The molecule has 0 bridgehead atoms. The molecule has 29 heavy (non-hydrogen) atoms. The molecule has 0 heterocycles. The molecule has 0 fully saturated rings. The molecule has 0 aliphatic carbocycles. The number of amides is 3. The number of hydrogen-bond donors (Lipinski definition) is 3. The number of hydrogen-bond acceptors (Lipinski definition) is 3. The maximum absolute atomic E-state index is 12.6. The molecule has 0 radical (unpaired) electrons. The molecule has 0 spiro atoms. The first kappa shape index (κ1) is 20.2. The van der Waals surface area contributed by atoms with E-state index in [1.54, 1.807) is 61.5 Å². The van der Waals surface area contributed by atoms with Crippen molar-refractivity contribution < 1.29 is 14.3 Å². The standard InChI is InChI=1S/C22H20ClN3O3/c1-15(24-22(28)25-17-8-4-2-5-9-17)21(27)26-19-14-16(23)12-13-20(19)29-18-10-6-3-7-11-18/h2-15H,1H3,(H,26,27)(H2,24,25,28). The summed E-state index contributed by atoms with van der Waals surface area (Å²) < 4.78 is 5.83. The third-order valence-electron chi connectivity index (χ3n) is 3.94. The highest BCUT2D eigenvalue weighted by Gasteiger charge is 2.18. The number of nitrogens with one attached hydrogen (secondary N) is 3. The van der Waals surface area contributed by atoms with Gasteiger partial charge < -0.3 is 20.7 Å². The number of ether oxygens (including phenoxy) is 1. The van der Waals surface area contributed by atoms with Gasteiger partial charge in [0.15, 0.2) is 5.75 Å². The molecular weight excluding hydrogens is 390 g/mol. The first-order valence-electron chi connectivity index (χ1n) is 8.97. The predicted molar refractivity (Wildman–Crippen MR) is 115 cm³/mol. The van der Waals surface area contributed by atoms with E-state index in [9.17, 15) is 9.59 Å². The molecule has 0 aliphatic rings. The van der Waals surface area contributed by atoms with Gasteiger partial charge in [0.2, 0.25) is 5.91 Å². The minimum Gasteiger partial charge on any atom is -0.455 e. The first-order valence-corrected chi connectivity index (χ1v) is 9.35. The van der Waals surface area contributed by atoms with Crippen molar-refractivity contribution in [2.24, 2.45) is 0 Å². The van der Waals surface area contributed by atoms with Gasteiger partial charge in [-0.2, -0.15) is 0 Å². The Balaban J connectivity index is 1.64. The number of benzene rings is 3. The van der Waals surface area contributed by atoms with Crippen LogP contribution in [0.3, 0.4) is 0 Å². The zero-order valence-corrected chi connectivity index (χ0v) is 16.4. The van der Waals surface area contributed by atoms with E-state index in [1.807, 2.05) is 24.3 Å². The third kappa shape index (κ3) is 5.99. The van der Waals surface area contributed by atoms with Gasteiger partial charge in [-0.3, -0.25) is 4.79 Å². The van der Waals surface area contributed by atoms with Gasteiger partial charge in [-0.25, -0.2) is 4.79 Å². The molecule has 3 amide bonds. The Hall–Kier alpha value is -3.51. The topological polar surface area (TPSA) is 79.5 Å². The maximum atomic E-state index is 12.6. The Morgan fingerprint density at radius 1 is 0.897 bits per heavy atom. The number of urea groups is 1. The third-order valence-corrected chi connectivity index (χ3v) is 4.18. The van der Waals surface area contributed by atoms with Gasteiger partial charge in [-0.15, -0.1) is 0 Å². The normalized spacial score (nSPS) is 11.2. The fraction of sp³-hybridized carbons (Fsp3) is 0.0909. The van der Waals surface area contributed by atoms with Crippen molar-refractivity contribution in [2.75, 3.05) is 10.6 Å². The van der Waals surface area contributed by atoms with E-state index in [1.165, 1.54) is 0 Å². The van der Waals surface area contributed by atoms with Crippen LogP contribution in [-0.2, 0) is 4.79 Å². The van der Waals surface area contributed by atoms with Crippen LogP contribution in [0.2, 0.25) is 5.02 Å². The number of carbonyl (C=O) groups is 2. The largest absolute Gasteiger partial charge is 0.455 e. The highest BCUT2D eigenvalue weighted by molar-refractivity contribution is 6.31. The second kappa shape index (κ2) is 9.61. The molecular formula is C22H20ClN3O3. The van der Waals surface area contributed by atoms with Crippen LogP contribution in [0.5, 0.6) is 11.5 Å². The lowest BCUT2D eigenvalue weighted by Gasteiger charge is -2.17. The summed E-state index contributed by atoms with van der Waals surface area (Å²) in [6, 6.07) is 21.8. The average molecular weight is 410 g/mol. The molecule has 1 atom stereocenters. The second-order valence-corrected chi connectivity index (χ2v) is 6.67. The zero-order valence-electron chi connectivity index (χ0n) is 15.7. The van der Waals surface area contributed by atoms with Gasteiger partial charge in [0, 0.05) is 10.7 Å². The summed E-state index contributed by atoms with van der Waals surface area (Å²) in [5.41, 5.74) is 1.04. The minimum atomic E-state index is -0.790. The van der Waals surface area contributed by atoms with Gasteiger partial charge in [0.25, 0.3) is 0 Å². The van der Waals surface area contributed by atoms with Crippen molar-refractivity contribution in [2.45, 2.75) is 13.0 Å². The van der Waals surface area contributed by atoms with Crippen molar-refractivity contribution in [3.8, 4) is 11.5 Å². The van der Waals surface area contributed by atoms with E-state index >= 15 is 0 Å². The van der Waals surface area contributed by atoms with Gasteiger partial charge in [0.1, 0.15) is 11.8 Å². The first-order chi connectivity index (χ1) is 14.0. The monoisotopic (exact) mass is 409 g/mol. The van der Waals surface area contributed by atoms with Gasteiger partial charge in [0.05, 0.1) is 5.69 Å². The van der Waals surface area contributed by atoms with Crippen LogP contribution >= 0.6 is 11.6 Å². The number of para-hydroxylation sites is 2. The SMILES string of the molecule is CC(NC(=O)Nc1ccccc1)C(=O)Nc1cc(Cl)ccc1Oc1ccccc1. The highest BCUT2D eigenvalue weighted by Crippen LogP contribution is 2.32. The van der Waals surface area contributed by atoms with Crippen LogP contribution in [0.1, 0.15) is 6.92 Å². The molecule has 0 aliphatic heterocycles. The molecule has 3 aromatic carbocycles. The average Bonchev–Trinajstić information content (AvgIpc) is 2.71. The van der Waals surface area contributed by atoms with Gasteiger partial charge >= 0.3 is 6.03 Å². The lowest BCUT2D eigenvalue weighted by atomic mass is 10.2. The van der Waals surface area contributed by atoms with E-state index in [0.717, 1.165) is 0 Å². The molecule has 1 unspecified atom stereocenters. The van der Waals surface area contributed by atoms with Gasteiger partial charge in [-0.05, 0) is 49.4 Å². The quantitative estimate of drug-likeness (QED) is 0.518. The van der Waals surface area contributed by atoms with E-state index in [-0.39, 0.29) is 0 Å². The summed E-state index contributed by atoms with van der Waals surface area (Å²) in [4.78, 5) is 24.7. The summed E-state index contributed by atoms with van der Waals surface area (Å²) in [7, 11) is 0. The predicted octanol–water partition coefficient (Wildman–Crippen LogP) is 5.28. The summed E-state index contributed by atoms with van der Waals surface area (Å²) >= 11 is 6.07. The minimum absolute atomic E-state index is 0.406. The maximum Gasteiger partial charge on any atom is 0.319 e. The van der Waals surface area contributed by atoms with Crippen molar-refractivity contribution >= 4 is 34.9 Å². The molecule has 3 rings (SSSR count). The summed E-state index contributed by atoms with van der Waals surface area (Å²) in [5.74, 6) is 0.655. The second-order valence-electron chi connectivity index (χ2n) is 6.23. The van der Waals surface area contributed by atoms with Gasteiger partial charge in [-0.1, -0.05) is 48.0 Å². The van der Waals surface area contributed by atoms with Crippen LogP contribution in [0, 0.1) is 0 Å². The molecule has 0 aromatic heterocycles. The molecule has 0 saturated heterocycles. The summed E-state index contributed by atoms with van der Waals surface area (Å²) in [6.45, 7) is 1.59. The van der Waals surface area contributed by atoms with Crippen LogP contribution < -0.4 is 20.7 Å². The van der Waals surface area contributed by atoms with Crippen LogP contribution in [0.4, 0.5) is 16.2 Å². The molecule has 0 saturated carbocycles. The van der Waals surface area contributed by atoms with E-state index < -0.39 is 18.0 Å². The number of carbonyl (C=O) groups excluding carboxylic acids is 2. The van der Waals surface area contributed by atoms with E-state index in [2.05, 4.69) is 16.0 Å². The van der Waals surface area contributed by atoms with Crippen LogP contribution in [0.15, 0.2) is 78.9 Å². The smallest absolute Gasteiger partial charge is 0.319 e. The van der Waals surface area contributed by atoms with E-state index in [4.69, 9.17) is 16.3 Å². The Morgan fingerprint density at radius 2 is 1.55 bits per heavy atom. The van der Waals surface area contributed by atoms with E-state index in [0.29, 0.717) is 27.9 Å². The molecule has 3 N–H and O–H groups in total. The Morgan fingerprint density at radius 3 is 2.24 bits per heavy atom. The van der Waals surface area contributed by atoms with Crippen LogP contribution in [-0.4, -0.2) is 18.0 Å². The van der Waals surface area contributed by atoms with Crippen molar-refractivity contribution in [1.29, 1.82) is 0 Å². The summed E-state index contributed by atoms with van der Waals surface area (Å²) in [5, 5.41) is 8.46. The summed E-state index contributed by atoms with van der Waals surface area (Å²) in [6.07, 6.45) is 0. The van der Waals surface area contributed by atoms with Crippen LogP contribution in [0.25, 0.3) is 0 Å². The lowest BCUT2D eigenvalue weighted by molar-refractivity contribution is -0.117. The van der Waals surface area contributed by atoms with Crippen molar-refractivity contribution in [1.82, 2.24) is 5.32 Å². The Kier molecular flexibility index (Phi) is 6.71. The lowest BCUT2D eigenvalue weighted by Crippen LogP contribution is -2.43. The molecule has 7 heteroatoms.